The van der Waals surface area contributed by atoms with Gasteiger partial charge in [0.2, 0.25) is 0 Å². The highest BCUT2D eigenvalue weighted by Gasteiger charge is 2.23. The highest BCUT2D eigenvalue weighted by atomic mass is 16.5. The zero-order chi connectivity index (χ0) is 12.3. The van der Waals surface area contributed by atoms with Crippen LogP contribution in [0.2, 0.25) is 0 Å². The van der Waals surface area contributed by atoms with Crippen LogP contribution in [0, 0.1) is 0 Å². The molecular formula is C12H17N3O2. The second-order valence-corrected chi connectivity index (χ2v) is 4.21. The molecule has 0 unspecified atom stereocenters. The molecule has 1 amide bonds. The van der Waals surface area contributed by atoms with E-state index in [0.29, 0.717) is 24.7 Å². The number of hydrogen-bond donors (Lipinski definition) is 1. The van der Waals surface area contributed by atoms with Crippen LogP contribution < -0.4 is 5.73 Å². The molecule has 1 aromatic rings. The van der Waals surface area contributed by atoms with Gasteiger partial charge in [-0.2, -0.15) is 0 Å². The molecule has 1 aliphatic heterocycles. The van der Waals surface area contributed by atoms with Crippen molar-refractivity contribution in [1.29, 1.82) is 0 Å². The molecule has 1 saturated heterocycles. The number of nitrogens with zero attached hydrogens (tertiary/aromatic N) is 2. The van der Waals surface area contributed by atoms with Gasteiger partial charge < -0.3 is 15.4 Å². The SMILES string of the molecule is CN(C(=O)c1cccc(N)n1)C1CCOCC1. The van der Waals surface area contributed by atoms with Crippen LogP contribution >= 0.6 is 0 Å². The van der Waals surface area contributed by atoms with Crippen molar-refractivity contribution >= 4 is 11.7 Å². The molecule has 92 valence electrons. The summed E-state index contributed by atoms with van der Waals surface area (Å²) < 4.78 is 5.28. The summed E-state index contributed by atoms with van der Waals surface area (Å²) in [7, 11) is 1.81. The zero-order valence-corrected chi connectivity index (χ0v) is 9.93. The summed E-state index contributed by atoms with van der Waals surface area (Å²) in [6.07, 6.45) is 1.76. The summed E-state index contributed by atoms with van der Waals surface area (Å²) in [6, 6.07) is 5.34. The fraction of sp³-hybridized carbons (Fsp3) is 0.500. The molecule has 2 N–H and O–H groups in total. The first-order valence-electron chi connectivity index (χ1n) is 5.76. The van der Waals surface area contributed by atoms with E-state index in [9.17, 15) is 4.79 Å². The molecule has 0 aromatic carbocycles. The minimum atomic E-state index is -0.0794. The molecule has 0 radical (unpaired) electrons. The molecule has 1 fully saturated rings. The fourth-order valence-corrected chi connectivity index (χ4v) is 1.99. The maximum Gasteiger partial charge on any atom is 0.272 e. The average Bonchev–Trinajstić information content (AvgIpc) is 2.38. The highest BCUT2D eigenvalue weighted by molar-refractivity contribution is 5.92. The molecule has 0 aliphatic carbocycles. The van der Waals surface area contributed by atoms with E-state index in [1.807, 2.05) is 7.05 Å². The lowest BCUT2D eigenvalue weighted by atomic mass is 10.1. The molecule has 1 aromatic heterocycles. The second-order valence-electron chi connectivity index (χ2n) is 4.21. The van der Waals surface area contributed by atoms with E-state index in [0.717, 1.165) is 12.8 Å². The quantitative estimate of drug-likeness (QED) is 0.827. The van der Waals surface area contributed by atoms with Crippen molar-refractivity contribution < 1.29 is 9.53 Å². The van der Waals surface area contributed by atoms with Crippen molar-refractivity contribution in [2.45, 2.75) is 18.9 Å². The smallest absolute Gasteiger partial charge is 0.272 e. The van der Waals surface area contributed by atoms with Crippen LogP contribution in [0.4, 0.5) is 5.82 Å². The number of ether oxygens (including phenoxy) is 1. The van der Waals surface area contributed by atoms with Gasteiger partial charge in [0.25, 0.3) is 5.91 Å². The Kier molecular flexibility index (Phi) is 3.58. The third kappa shape index (κ3) is 2.74. The van der Waals surface area contributed by atoms with Crippen molar-refractivity contribution in [2.75, 3.05) is 26.0 Å². The number of hydrogen-bond acceptors (Lipinski definition) is 4. The van der Waals surface area contributed by atoms with E-state index in [4.69, 9.17) is 10.5 Å². The standard InChI is InChI=1S/C12H17N3O2/c1-15(9-5-7-17-8-6-9)12(16)10-3-2-4-11(13)14-10/h2-4,9H,5-8H2,1H3,(H2,13,14). The Morgan fingerprint density at radius 3 is 2.82 bits per heavy atom. The van der Waals surface area contributed by atoms with Crippen molar-refractivity contribution in [3.05, 3.63) is 23.9 Å². The van der Waals surface area contributed by atoms with Gasteiger partial charge in [0.05, 0.1) is 0 Å². The van der Waals surface area contributed by atoms with E-state index in [1.54, 1.807) is 23.1 Å². The Bertz CT molecular complexity index is 402. The maximum atomic E-state index is 12.2. The molecule has 1 aliphatic rings. The lowest BCUT2D eigenvalue weighted by molar-refractivity contribution is 0.0359. The van der Waals surface area contributed by atoms with Gasteiger partial charge >= 0.3 is 0 Å². The van der Waals surface area contributed by atoms with Crippen LogP contribution in [-0.4, -0.2) is 42.1 Å². The molecule has 0 saturated carbocycles. The van der Waals surface area contributed by atoms with Crippen LogP contribution in [0.5, 0.6) is 0 Å². The minimum Gasteiger partial charge on any atom is -0.384 e. The van der Waals surface area contributed by atoms with E-state index < -0.39 is 0 Å². The van der Waals surface area contributed by atoms with Gasteiger partial charge in [-0.3, -0.25) is 4.79 Å². The molecule has 2 heterocycles. The monoisotopic (exact) mass is 235 g/mol. The van der Waals surface area contributed by atoms with Crippen molar-refractivity contribution in [3.8, 4) is 0 Å². The Labute approximate surface area is 101 Å². The lowest BCUT2D eigenvalue weighted by Crippen LogP contribution is -2.40. The zero-order valence-electron chi connectivity index (χ0n) is 9.93. The first kappa shape index (κ1) is 11.9. The predicted octanol–water partition coefficient (Wildman–Crippen LogP) is 0.915. The van der Waals surface area contributed by atoms with Crippen LogP contribution in [0.1, 0.15) is 23.3 Å². The number of pyridine rings is 1. The number of amides is 1. The largest absolute Gasteiger partial charge is 0.384 e. The van der Waals surface area contributed by atoms with E-state index in [1.165, 1.54) is 0 Å². The lowest BCUT2D eigenvalue weighted by Gasteiger charge is -2.31. The Balaban J connectivity index is 2.08. The summed E-state index contributed by atoms with van der Waals surface area (Å²) in [5.41, 5.74) is 5.97. The van der Waals surface area contributed by atoms with Gasteiger partial charge in [-0.05, 0) is 25.0 Å². The van der Waals surface area contributed by atoms with Gasteiger partial charge in [0.15, 0.2) is 0 Å². The maximum absolute atomic E-state index is 12.2. The van der Waals surface area contributed by atoms with Crippen LogP contribution in [-0.2, 0) is 4.74 Å². The normalized spacial score (nSPS) is 16.8. The summed E-state index contributed by atoms with van der Waals surface area (Å²) in [5.74, 6) is 0.292. The van der Waals surface area contributed by atoms with E-state index in [-0.39, 0.29) is 11.9 Å². The van der Waals surface area contributed by atoms with E-state index in [2.05, 4.69) is 4.98 Å². The molecule has 0 atom stereocenters. The molecule has 17 heavy (non-hydrogen) atoms. The highest BCUT2D eigenvalue weighted by Crippen LogP contribution is 2.15. The Hall–Kier alpha value is -1.62. The first-order chi connectivity index (χ1) is 8.18. The summed E-state index contributed by atoms with van der Waals surface area (Å²) in [6.45, 7) is 1.43. The number of aromatic nitrogens is 1. The Morgan fingerprint density at radius 2 is 2.18 bits per heavy atom. The van der Waals surface area contributed by atoms with Crippen molar-refractivity contribution in [3.63, 3.8) is 0 Å². The molecule has 0 spiro atoms. The first-order valence-corrected chi connectivity index (χ1v) is 5.76. The van der Waals surface area contributed by atoms with Gasteiger partial charge in [-0.15, -0.1) is 0 Å². The fourth-order valence-electron chi connectivity index (χ4n) is 1.99. The third-order valence-electron chi connectivity index (χ3n) is 3.05. The minimum absolute atomic E-state index is 0.0794. The molecule has 5 nitrogen and oxygen atoms in total. The van der Waals surface area contributed by atoms with Crippen LogP contribution in [0.15, 0.2) is 18.2 Å². The average molecular weight is 235 g/mol. The van der Waals surface area contributed by atoms with Gasteiger partial charge in [-0.1, -0.05) is 6.07 Å². The van der Waals surface area contributed by atoms with E-state index >= 15 is 0 Å². The van der Waals surface area contributed by atoms with Crippen molar-refractivity contribution in [2.24, 2.45) is 0 Å². The summed E-state index contributed by atoms with van der Waals surface area (Å²) in [4.78, 5) is 17.9. The molecule has 5 heteroatoms. The molecule has 0 bridgehead atoms. The number of nitrogens with two attached hydrogens (primary N) is 1. The Morgan fingerprint density at radius 1 is 1.47 bits per heavy atom. The second kappa shape index (κ2) is 5.14. The number of nitrogen functional groups attached to an aromatic ring is 1. The van der Waals surface area contributed by atoms with Gasteiger partial charge in [0, 0.05) is 26.3 Å². The summed E-state index contributed by atoms with van der Waals surface area (Å²) in [5, 5.41) is 0. The summed E-state index contributed by atoms with van der Waals surface area (Å²) >= 11 is 0. The van der Waals surface area contributed by atoms with Gasteiger partial charge in [0.1, 0.15) is 11.5 Å². The van der Waals surface area contributed by atoms with Crippen molar-refractivity contribution in [1.82, 2.24) is 9.88 Å². The predicted molar refractivity (Wildman–Crippen MR) is 64.6 cm³/mol. The van der Waals surface area contributed by atoms with Gasteiger partial charge in [-0.25, -0.2) is 4.98 Å². The number of carbonyl (C=O) groups is 1. The van der Waals surface area contributed by atoms with Crippen LogP contribution in [0.3, 0.4) is 0 Å². The number of rotatable bonds is 2. The van der Waals surface area contributed by atoms with Crippen LogP contribution in [0.25, 0.3) is 0 Å². The topological polar surface area (TPSA) is 68.5 Å². The third-order valence-corrected chi connectivity index (χ3v) is 3.05. The molecule has 2 rings (SSSR count). The molecular weight excluding hydrogens is 218 g/mol. The number of anilines is 1. The number of carbonyl (C=O) groups excluding carboxylic acids is 1.